The maximum absolute atomic E-state index is 5.74. The molecule has 0 saturated carbocycles. The first-order valence-corrected chi connectivity index (χ1v) is 4.50. The molecule has 0 saturated heterocycles. The van der Waals surface area contributed by atoms with Gasteiger partial charge in [-0.25, -0.2) is 0 Å². The van der Waals surface area contributed by atoms with Crippen LogP contribution in [-0.4, -0.2) is 5.60 Å². The van der Waals surface area contributed by atoms with Crippen LogP contribution in [0.4, 0.5) is 0 Å². The van der Waals surface area contributed by atoms with E-state index in [0.29, 0.717) is 6.54 Å². The summed E-state index contributed by atoms with van der Waals surface area (Å²) in [5, 5.41) is 0. The second-order valence-corrected chi connectivity index (χ2v) is 4.03. The minimum Gasteiger partial charge on any atom is -0.488 e. The summed E-state index contributed by atoms with van der Waals surface area (Å²) < 4.78 is 5.74. The van der Waals surface area contributed by atoms with Crippen molar-refractivity contribution in [1.29, 1.82) is 0 Å². The van der Waals surface area contributed by atoms with Gasteiger partial charge in [-0.2, -0.15) is 0 Å². The SMILES string of the molecule is CC(C)(C)Oc1ccccc1CN. The summed E-state index contributed by atoms with van der Waals surface area (Å²) in [7, 11) is 0. The van der Waals surface area contributed by atoms with Gasteiger partial charge in [-0.3, -0.25) is 0 Å². The molecule has 0 atom stereocenters. The molecule has 0 spiro atoms. The van der Waals surface area contributed by atoms with E-state index in [1.54, 1.807) is 0 Å². The Bertz CT molecular complexity index is 276. The Morgan fingerprint density at radius 2 is 1.85 bits per heavy atom. The molecule has 0 radical (unpaired) electrons. The molecule has 2 nitrogen and oxygen atoms in total. The van der Waals surface area contributed by atoms with Crippen molar-refractivity contribution in [2.75, 3.05) is 0 Å². The molecule has 0 aromatic heterocycles. The Hall–Kier alpha value is -1.02. The Morgan fingerprint density at radius 1 is 1.23 bits per heavy atom. The Balaban J connectivity index is 2.87. The van der Waals surface area contributed by atoms with E-state index in [-0.39, 0.29) is 5.60 Å². The lowest BCUT2D eigenvalue weighted by molar-refractivity contribution is 0.129. The first kappa shape index (κ1) is 10.1. The average Bonchev–Trinajstić information content (AvgIpc) is 2.02. The molecule has 0 amide bonds. The molecule has 0 unspecified atom stereocenters. The summed E-state index contributed by atoms with van der Waals surface area (Å²) in [6.07, 6.45) is 0. The van der Waals surface area contributed by atoms with Crippen LogP contribution in [0.5, 0.6) is 5.75 Å². The van der Waals surface area contributed by atoms with E-state index in [4.69, 9.17) is 10.5 Å². The van der Waals surface area contributed by atoms with E-state index in [1.165, 1.54) is 0 Å². The van der Waals surface area contributed by atoms with Crippen LogP contribution in [0.3, 0.4) is 0 Å². The molecule has 0 bridgehead atoms. The van der Waals surface area contributed by atoms with Crippen molar-refractivity contribution in [2.24, 2.45) is 5.73 Å². The molecule has 0 aliphatic rings. The molecule has 1 aromatic carbocycles. The molecule has 1 rings (SSSR count). The molecule has 2 N–H and O–H groups in total. The van der Waals surface area contributed by atoms with Crippen LogP contribution < -0.4 is 10.5 Å². The van der Waals surface area contributed by atoms with Gasteiger partial charge < -0.3 is 10.5 Å². The monoisotopic (exact) mass is 179 g/mol. The van der Waals surface area contributed by atoms with Gasteiger partial charge in [-0.1, -0.05) is 18.2 Å². The first-order chi connectivity index (χ1) is 6.03. The van der Waals surface area contributed by atoms with Gasteiger partial charge in [0.15, 0.2) is 0 Å². The molecule has 13 heavy (non-hydrogen) atoms. The van der Waals surface area contributed by atoms with Crippen LogP contribution in [0.15, 0.2) is 24.3 Å². The van der Waals surface area contributed by atoms with Crippen LogP contribution >= 0.6 is 0 Å². The van der Waals surface area contributed by atoms with Crippen molar-refractivity contribution in [2.45, 2.75) is 32.9 Å². The zero-order chi connectivity index (χ0) is 9.90. The highest BCUT2D eigenvalue weighted by Gasteiger charge is 2.13. The zero-order valence-corrected chi connectivity index (χ0v) is 8.50. The fraction of sp³-hybridized carbons (Fsp3) is 0.455. The summed E-state index contributed by atoms with van der Waals surface area (Å²) in [5.74, 6) is 0.887. The number of ether oxygens (including phenoxy) is 1. The predicted octanol–water partition coefficient (Wildman–Crippen LogP) is 2.32. The van der Waals surface area contributed by atoms with E-state index in [1.807, 2.05) is 45.0 Å². The molecule has 0 heterocycles. The van der Waals surface area contributed by atoms with E-state index < -0.39 is 0 Å². The zero-order valence-electron chi connectivity index (χ0n) is 8.50. The van der Waals surface area contributed by atoms with Crippen LogP contribution in [0, 0.1) is 0 Å². The number of rotatable bonds is 2. The van der Waals surface area contributed by atoms with Crippen molar-refractivity contribution < 1.29 is 4.74 Å². The highest BCUT2D eigenvalue weighted by Crippen LogP contribution is 2.22. The van der Waals surface area contributed by atoms with E-state index in [0.717, 1.165) is 11.3 Å². The summed E-state index contributed by atoms with van der Waals surface area (Å²) >= 11 is 0. The number of nitrogens with two attached hydrogens (primary N) is 1. The van der Waals surface area contributed by atoms with Gasteiger partial charge >= 0.3 is 0 Å². The van der Waals surface area contributed by atoms with Crippen molar-refractivity contribution in [3.8, 4) is 5.75 Å². The Morgan fingerprint density at radius 3 is 2.38 bits per heavy atom. The van der Waals surface area contributed by atoms with E-state index in [9.17, 15) is 0 Å². The lowest BCUT2D eigenvalue weighted by Gasteiger charge is -2.22. The van der Waals surface area contributed by atoms with Crippen LogP contribution in [0.2, 0.25) is 0 Å². The maximum atomic E-state index is 5.74. The van der Waals surface area contributed by atoms with Gasteiger partial charge in [-0.05, 0) is 26.8 Å². The number of para-hydroxylation sites is 1. The summed E-state index contributed by atoms with van der Waals surface area (Å²) in [5.41, 5.74) is 6.48. The fourth-order valence-corrected chi connectivity index (χ4v) is 1.10. The molecule has 1 aromatic rings. The number of hydrogen-bond acceptors (Lipinski definition) is 2. The summed E-state index contributed by atoms with van der Waals surface area (Å²) in [6, 6.07) is 7.87. The van der Waals surface area contributed by atoms with Gasteiger partial charge in [0.2, 0.25) is 0 Å². The third-order valence-corrected chi connectivity index (χ3v) is 1.61. The van der Waals surface area contributed by atoms with Gasteiger partial charge in [0.05, 0.1) is 0 Å². The van der Waals surface area contributed by atoms with Gasteiger partial charge in [0.1, 0.15) is 11.4 Å². The Kier molecular flexibility index (Phi) is 2.94. The largest absolute Gasteiger partial charge is 0.488 e. The van der Waals surface area contributed by atoms with E-state index in [2.05, 4.69) is 0 Å². The van der Waals surface area contributed by atoms with Crippen molar-refractivity contribution >= 4 is 0 Å². The first-order valence-electron chi connectivity index (χ1n) is 4.50. The molecule has 72 valence electrons. The molecular weight excluding hydrogens is 162 g/mol. The molecule has 0 fully saturated rings. The second kappa shape index (κ2) is 3.79. The minimum absolute atomic E-state index is 0.161. The molecule has 0 aliphatic heterocycles. The minimum atomic E-state index is -0.161. The lowest BCUT2D eigenvalue weighted by atomic mass is 10.1. The summed E-state index contributed by atoms with van der Waals surface area (Å²) in [6.45, 7) is 6.60. The highest BCUT2D eigenvalue weighted by molar-refractivity contribution is 5.33. The second-order valence-electron chi connectivity index (χ2n) is 4.03. The van der Waals surface area contributed by atoms with Crippen molar-refractivity contribution in [3.05, 3.63) is 29.8 Å². The Labute approximate surface area is 79.7 Å². The smallest absolute Gasteiger partial charge is 0.124 e. The van der Waals surface area contributed by atoms with Crippen LogP contribution in [-0.2, 0) is 6.54 Å². The van der Waals surface area contributed by atoms with Crippen LogP contribution in [0.1, 0.15) is 26.3 Å². The third-order valence-electron chi connectivity index (χ3n) is 1.61. The molecular formula is C11H17NO. The average molecular weight is 179 g/mol. The lowest BCUT2D eigenvalue weighted by Crippen LogP contribution is -2.23. The molecule has 0 aliphatic carbocycles. The van der Waals surface area contributed by atoms with Crippen LogP contribution in [0.25, 0.3) is 0 Å². The highest BCUT2D eigenvalue weighted by atomic mass is 16.5. The number of hydrogen-bond donors (Lipinski definition) is 1. The summed E-state index contributed by atoms with van der Waals surface area (Å²) in [4.78, 5) is 0. The number of benzene rings is 1. The van der Waals surface area contributed by atoms with Gasteiger partial charge in [0, 0.05) is 12.1 Å². The normalized spacial score (nSPS) is 11.4. The fourth-order valence-electron chi connectivity index (χ4n) is 1.10. The predicted molar refractivity (Wildman–Crippen MR) is 54.7 cm³/mol. The third kappa shape index (κ3) is 3.07. The van der Waals surface area contributed by atoms with E-state index >= 15 is 0 Å². The van der Waals surface area contributed by atoms with Gasteiger partial charge in [0.25, 0.3) is 0 Å². The quantitative estimate of drug-likeness (QED) is 0.756. The molecule has 2 heteroatoms. The van der Waals surface area contributed by atoms with Gasteiger partial charge in [-0.15, -0.1) is 0 Å². The topological polar surface area (TPSA) is 35.2 Å². The van der Waals surface area contributed by atoms with Crippen molar-refractivity contribution in [1.82, 2.24) is 0 Å². The van der Waals surface area contributed by atoms with Crippen molar-refractivity contribution in [3.63, 3.8) is 0 Å². The maximum Gasteiger partial charge on any atom is 0.124 e. The standard InChI is InChI=1S/C11H17NO/c1-11(2,3)13-10-7-5-4-6-9(10)8-12/h4-7H,8,12H2,1-3H3.